The van der Waals surface area contributed by atoms with Gasteiger partial charge in [0.1, 0.15) is 6.04 Å². The van der Waals surface area contributed by atoms with Crippen molar-refractivity contribution in [1.29, 1.82) is 0 Å². The van der Waals surface area contributed by atoms with Crippen molar-refractivity contribution in [3.05, 3.63) is 29.8 Å². The highest BCUT2D eigenvalue weighted by Crippen LogP contribution is 2.32. The molecule has 100 valence electrons. The number of rotatable bonds is 6. The van der Waals surface area contributed by atoms with E-state index in [0.717, 1.165) is 0 Å². The van der Waals surface area contributed by atoms with Gasteiger partial charge in [0.05, 0.1) is 12.0 Å². The van der Waals surface area contributed by atoms with E-state index in [1.54, 1.807) is 0 Å². The fourth-order valence-corrected chi connectivity index (χ4v) is 1.96. The summed E-state index contributed by atoms with van der Waals surface area (Å²) in [6.07, 6.45) is 0.108. The quantitative estimate of drug-likeness (QED) is 0.333. The standard InChI is InChI=1S/C10H14NO6P/c12-6-11-9(10(13)14)5-7-1-3-8(4-2-7)18(15,16)17/h1-4,9,11-12H,5-6H2,(H,13,14)(H2,15,16,17). The molecule has 0 aliphatic rings. The molecule has 0 aliphatic heterocycles. The van der Waals surface area contributed by atoms with Gasteiger partial charge in [0.15, 0.2) is 0 Å². The molecule has 0 saturated carbocycles. The van der Waals surface area contributed by atoms with E-state index in [1.165, 1.54) is 24.3 Å². The van der Waals surface area contributed by atoms with Crippen LogP contribution in [0.3, 0.4) is 0 Å². The van der Waals surface area contributed by atoms with Gasteiger partial charge in [-0.05, 0) is 24.1 Å². The summed E-state index contributed by atoms with van der Waals surface area (Å²) in [6.45, 7) is -0.461. The van der Waals surface area contributed by atoms with Gasteiger partial charge in [-0.15, -0.1) is 0 Å². The highest BCUT2D eigenvalue weighted by atomic mass is 31.2. The van der Waals surface area contributed by atoms with E-state index in [0.29, 0.717) is 5.56 Å². The molecule has 7 nitrogen and oxygen atoms in total. The molecule has 1 aromatic carbocycles. The molecule has 5 N–H and O–H groups in total. The number of aliphatic hydroxyl groups excluding tert-OH is 1. The van der Waals surface area contributed by atoms with Gasteiger partial charge in [-0.3, -0.25) is 14.7 Å². The third kappa shape index (κ3) is 4.21. The van der Waals surface area contributed by atoms with Crippen molar-refractivity contribution in [2.24, 2.45) is 0 Å². The van der Waals surface area contributed by atoms with Gasteiger partial charge in [-0.2, -0.15) is 0 Å². The Labute approximate surface area is 103 Å². The lowest BCUT2D eigenvalue weighted by atomic mass is 10.1. The molecule has 0 bridgehead atoms. The first-order valence-corrected chi connectivity index (χ1v) is 6.68. The molecule has 18 heavy (non-hydrogen) atoms. The second kappa shape index (κ2) is 6.08. The Morgan fingerprint density at radius 2 is 1.83 bits per heavy atom. The Morgan fingerprint density at radius 3 is 2.22 bits per heavy atom. The highest BCUT2D eigenvalue weighted by molar-refractivity contribution is 7.60. The first-order valence-electron chi connectivity index (χ1n) is 5.06. The molecule has 0 saturated heterocycles. The summed E-state index contributed by atoms with van der Waals surface area (Å²) < 4.78 is 10.9. The van der Waals surface area contributed by atoms with Crippen LogP contribution in [0.15, 0.2) is 24.3 Å². The number of benzene rings is 1. The van der Waals surface area contributed by atoms with E-state index < -0.39 is 26.3 Å². The Bertz CT molecular complexity index is 454. The second-order valence-electron chi connectivity index (χ2n) is 3.67. The minimum Gasteiger partial charge on any atom is -0.480 e. The van der Waals surface area contributed by atoms with E-state index in [2.05, 4.69) is 5.32 Å². The van der Waals surface area contributed by atoms with Gasteiger partial charge >= 0.3 is 13.6 Å². The van der Waals surface area contributed by atoms with Crippen molar-refractivity contribution < 1.29 is 29.4 Å². The summed E-state index contributed by atoms with van der Waals surface area (Å²) in [4.78, 5) is 28.6. The van der Waals surface area contributed by atoms with Crippen LogP contribution in [0.1, 0.15) is 5.56 Å². The Hall–Kier alpha value is -1.24. The van der Waals surface area contributed by atoms with Crippen molar-refractivity contribution in [3.63, 3.8) is 0 Å². The number of hydrogen-bond acceptors (Lipinski definition) is 4. The van der Waals surface area contributed by atoms with Crippen LogP contribution in [0, 0.1) is 0 Å². The average molecular weight is 275 g/mol. The van der Waals surface area contributed by atoms with Crippen molar-refractivity contribution in [2.75, 3.05) is 6.73 Å². The lowest BCUT2D eigenvalue weighted by molar-refractivity contribution is -0.139. The summed E-state index contributed by atoms with van der Waals surface area (Å²) in [5, 5.41) is 19.7. The maximum atomic E-state index is 10.9. The summed E-state index contributed by atoms with van der Waals surface area (Å²) in [5.74, 6) is -1.11. The Kier molecular flexibility index (Phi) is 5.01. The van der Waals surface area contributed by atoms with Crippen LogP contribution < -0.4 is 10.6 Å². The number of nitrogens with one attached hydrogen (secondary N) is 1. The molecule has 1 rings (SSSR count). The van der Waals surface area contributed by atoms with E-state index in [4.69, 9.17) is 20.0 Å². The third-order valence-corrected chi connectivity index (χ3v) is 3.32. The number of aliphatic hydroxyl groups is 1. The largest absolute Gasteiger partial charge is 0.480 e. The summed E-state index contributed by atoms with van der Waals surface area (Å²) in [5.41, 5.74) is 0.598. The van der Waals surface area contributed by atoms with Gasteiger partial charge in [-0.25, -0.2) is 0 Å². The van der Waals surface area contributed by atoms with Gasteiger partial charge in [-0.1, -0.05) is 12.1 Å². The molecule has 1 unspecified atom stereocenters. The number of aliphatic carboxylic acids is 1. The number of hydrogen-bond donors (Lipinski definition) is 5. The van der Waals surface area contributed by atoms with E-state index >= 15 is 0 Å². The van der Waals surface area contributed by atoms with Crippen LogP contribution in [-0.2, 0) is 15.8 Å². The minimum atomic E-state index is -4.28. The molecule has 0 fully saturated rings. The molecular formula is C10H14NO6P. The average Bonchev–Trinajstić information content (AvgIpc) is 2.28. The number of carbonyl (C=O) groups is 1. The van der Waals surface area contributed by atoms with Crippen LogP contribution in [-0.4, -0.2) is 38.7 Å². The van der Waals surface area contributed by atoms with Crippen molar-refractivity contribution in [3.8, 4) is 0 Å². The van der Waals surface area contributed by atoms with Crippen LogP contribution in [0.25, 0.3) is 0 Å². The summed E-state index contributed by atoms with van der Waals surface area (Å²) in [7, 11) is -4.28. The van der Waals surface area contributed by atoms with Crippen LogP contribution in [0.2, 0.25) is 0 Å². The molecule has 1 aromatic rings. The van der Waals surface area contributed by atoms with Gasteiger partial charge < -0.3 is 20.0 Å². The van der Waals surface area contributed by atoms with Crippen LogP contribution >= 0.6 is 7.60 Å². The van der Waals surface area contributed by atoms with Gasteiger partial charge in [0.2, 0.25) is 0 Å². The van der Waals surface area contributed by atoms with Crippen molar-refractivity contribution >= 4 is 18.9 Å². The predicted molar refractivity (Wildman–Crippen MR) is 63.5 cm³/mol. The first-order chi connectivity index (χ1) is 8.34. The van der Waals surface area contributed by atoms with E-state index in [1.807, 2.05) is 0 Å². The molecule has 8 heteroatoms. The summed E-state index contributed by atoms with van der Waals surface area (Å²) in [6, 6.07) is 4.46. The molecule has 0 amide bonds. The molecule has 0 heterocycles. The fourth-order valence-electron chi connectivity index (χ4n) is 1.42. The monoisotopic (exact) mass is 275 g/mol. The lowest BCUT2D eigenvalue weighted by Crippen LogP contribution is -2.39. The Morgan fingerprint density at radius 1 is 1.28 bits per heavy atom. The topological polar surface area (TPSA) is 127 Å². The number of carboxylic acid groups (broad SMARTS) is 1. The lowest BCUT2D eigenvalue weighted by Gasteiger charge is -2.13. The molecular weight excluding hydrogens is 261 g/mol. The first kappa shape index (κ1) is 14.8. The maximum Gasteiger partial charge on any atom is 0.356 e. The van der Waals surface area contributed by atoms with Crippen LogP contribution in [0.4, 0.5) is 0 Å². The number of carboxylic acids is 1. The van der Waals surface area contributed by atoms with Crippen molar-refractivity contribution in [2.45, 2.75) is 12.5 Å². The van der Waals surface area contributed by atoms with Gasteiger partial charge in [0.25, 0.3) is 0 Å². The van der Waals surface area contributed by atoms with Gasteiger partial charge in [0, 0.05) is 0 Å². The smallest absolute Gasteiger partial charge is 0.356 e. The summed E-state index contributed by atoms with van der Waals surface area (Å²) >= 11 is 0. The predicted octanol–water partition coefficient (Wildman–Crippen LogP) is -0.975. The normalized spacial score (nSPS) is 13.3. The van der Waals surface area contributed by atoms with E-state index in [-0.39, 0.29) is 11.7 Å². The molecule has 1 atom stereocenters. The second-order valence-corrected chi connectivity index (χ2v) is 5.27. The van der Waals surface area contributed by atoms with E-state index in [9.17, 15) is 9.36 Å². The highest BCUT2D eigenvalue weighted by Gasteiger charge is 2.19. The minimum absolute atomic E-state index is 0.108. The molecule has 0 spiro atoms. The Balaban J connectivity index is 2.79. The van der Waals surface area contributed by atoms with Crippen molar-refractivity contribution in [1.82, 2.24) is 5.32 Å². The zero-order chi connectivity index (χ0) is 13.8. The fraction of sp³-hybridized carbons (Fsp3) is 0.300. The third-order valence-electron chi connectivity index (χ3n) is 2.35. The zero-order valence-corrected chi connectivity index (χ0v) is 10.2. The molecule has 0 aliphatic carbocycles. The molecule has 0 aromatic heterocycles. The molecule has 0 radical (unpaired) electrons. The van der Waals surface area contributed by atoms with Crippen LogP contribution in [0.5, 0.6) is 0 Å². The maximum absolute atomic E-state index is 10.9. The zero-order valence-electron chi connectivity index (χ0n) is 9.35. The SMILES string of the molecule is O=C(O)C(Cc1ccc(P(=O)(O)O)cc1)NCO.